The molecule has 1 aromatic rings. The van der Waals surface area contributed by atoms with Crippen LogP contribution in [0.3, 0.4) is 0 Å². The SMILES string of the molecule is CC(C)NCc1cncc(N2CCOC(C)C2)n1. The Hall–Kier alpha value is -1.20. The Kier molecular flexibility index (Phi) is 4.49. The van der Waals surface area contributed by atoms with Crippen molar-refractivity contribution in [3.63, 3.8) is 0 Å². The Bertz CT molecular complexity index is 383. The fourth-order valence-corrected chi connectivity index (χ4v) is 1.97. The van der Waals surface area contributed by atoms with E-state index in [9.17, 15) is 0 Å². The minimum absolute atomic E-state index is 0.262. The van der Waals surface area contributed by atoms with Crippen molar-refractivity contribution in [3.8, 4) is 0 Å². The molecule has 5 heteroatoms. The molecule has 0 bridgehead atoms. The highest BCUT2D eigenvalue weighted by molar-refractivity contribution is 5.37. The van der Waals surface area contributed by atoms with Crippen molar-refractivity contribution in [2.75, 3.05) is 24.6 Å². The van der Waals surface area contributed by atoms with Gasteiger partial charge in [0.05, 0.1) is 24.6 Å². The van der Waals surface area contributed by atoms with E-state index >= 15 is 0 Å². The molecule has 1 unspecified atom stereocenters. The van der Waals surface area contributed by atoms with Crippen molar-refractivity contribution in [1.29, 1.82) is 0 Å². The molecule has 2 rings (SSSR count). The first-order chi connectivity index (χ1) is 8.65. The maximum Gasteiger partial charge on any atom is 0.147 e. The van der Waals surface area contributed by atoms with Crippen molar-refractivity contribution in [1.82, 2.24) is 15.3 Å². The highest BCUT2D eigenvalue weighted by atomic mass is 16.5. The van der Waals surface area contributed by atoms with Crippen LogP contribution in [0.2, 0.25) is 0 Å². The second-order valence-electron chi connectivity index (χ2n) is 5.03. The van der Waals surface area contributed by atoms with Crippen molar-refractivity contribution in [3.05, 3.63) is 18.1 Å². The number of hydrogen-bond donors (Lipinski definition) is 1. The second-order valence-corrected chi connectivity index (χ2v) is 5.03. The Balaban J connectivity index is 2.02. The van der Waals surface area contributed by atoms with Crippen LogP contribution in [-0.2, 0) is 11.3 Å². The van der Waals surface area contributed by atoms with E-state index in [-0.39, 0.29) is 6.10 Å². The molecule has 1 saturated heterocycles. The molecule has 0 spiro atoms. The third kappa shape index (κ3) is 3.65. The molecule has 2 heterocycles. The van der Waals surface area contributed by atoms with Gasteiger partial charge in [-0.2, -0.15) is 0 Å². The van der Waals surface area contributed by atoms with Gasteiger partial charge in [-0.3, -0.25) is 4.98 Å². The molecule has 1 aromatic heterocycles. The molecule has 5 nitrogen and oxygen atoms in total. The molecule has 1 N–H and O–H groups in total. The number of rotatable bonds is 4. The van der Waals surface area contributed by atoms with E-state index in [0.717, 1.165) is 37.8 Å². The minimum Gasteiger partial charge on any atom is -0.375 e. The Labute approximate surface area is 109 Å². The fraction of sp³-hybridized carbons (Fsp3) is 0.692. The lowest BCUT2D eigenvalue weighted by molar-refractivity contribution is 0.0529. The zero-order valence-corrected chi connectivity index (χ0v) is 11.4. The zero-order valence-electron chi connectivity index (χ0n) is 11.4. The predicted molar refractivity (Wildman–Crippen MR) is 71.6 cm³/mol. The summed E-state index contributed by atoms with van der Waals surface area (Å²) in [5.41, 5.74) is 0.986. The summed E-state index contributed by atoms with van der Waals surface area (Å²) in [6.07, 6.45) is 3.91. The van der Waals surface area contributed by atoms with Gasteiger partial charge in [0.15, 0.2) is 0 Å². The molecule has 0 amide bonds. The normalized spacial score (nSPS) is 20.4. The summed E-state index contributed by atoms with van der Waals surface area (Å²) in [4.78, 5) is 11.2. The van der Waals surface area contributed by atoms with Gasteiger partial charge in [0.2, 0.25) is 0 Å². The Morgan fingerprint density at radius 2 is 2.33 bits per heavy atom. The van der Waals surface area contributed by atoms with Gasteiger partial charge in [0.25, 0.3) is 0 Å². The van der Waals surface area contributed by atoms with E-state index in [1.165, 1.54) is 0 Å². The molecule has 1 atom stereocenters. The number of anilines is 1. The molecular formula is C13H22N4O. The number of morpholine rings is 1. The molecule has 0 radical (unpaired) electrons. The standard InChI is InChI=1S/C13H22N4O/c1-10(2)15-7-12-6-14-8-13(16-12)17-4-5-18-11(3)9-17/h6,8,10-11,15H,4-5,7,9H2,1-3H3. The van der Waals surface area contributed by atoms with Gasteiger partial charge in [-0.15, -0.1) is 0 Å². The molecule has 0 aliphatic carbocycles. The van der Waals surface area contributed by atoms with Crippen molar-refractivity contribution >= 4 is 5.82 Å². The minimum atomic E-state index is 0.262. The lowest BCUT2D eigenvalue weighted by Gasteiger charge is -2.31. The number of hydrogen-bond acceptors (Lipinski definition) is 5. The maximum absolute atomic E-state index is 5.54. The lowest BCUT2D eigenvalue weighted by atomic mass is 10.3. The average Bonchev–Trinajstić information content (AvgIpc) is 2.37. The van der Waals surface area contributed by atoms with Crippen LogP contribution in [0.25, 0.3) is 0 Å². The van der Waals surface area contributed by atoms with Crippen LogP contribution >= 0.6 is 0 Å². The third-order valence-corrected chi connectivity index (χ3v) is 2.93. The van der Waals surface area contributed by atoms with Crippen LogP contribution in [0.5, 0.6) is 0 Å². The van der Waals surface area contributed by atoms with Crippen LogP contribution in [-0.4, -0.2) is 41.8 Å². The van der Waals surface area contributed by atoms with E-state index in [1.807, 2.05) is 12.4 Å². The summed E-state index contributed by atoms with van der Waals surface area (Å²) in [6, 6.07) is 0.457. The molecule has 1 aliphatic rings. The highest BCUT2D eigenvalue weighted by Crippen LogP contribution is 2.14. The first-order valence-corrected chi connectivity index (χ1v) is 6.56. The van der Waals surface area contributed by atoms with Crippen LogP contribution in [0.1, 0.15) is 26.5 Å². The molecule has 100 valence electrons. The van der Waals surface area contributed by atoms with Gasteiger partial charge in [-0.1, -0.05) is 13.8 Å². The summed E-state index contributed by atoms with van der Waals surface area (Å²) in [7, 11) is 0. The number of ether oxygens (including phenoxy) is 1. The van der Waals surface area contributed by atoms with Gasteiger partial charge < -0.3 is 15.0 Å². The number of nitrogens with one attached hydrogen (secondary N) is 1. The summed E-state index contributed by atoms with van der Waals surface area (Å²) < 4.78 is 5.54. The van der Waals surface area contributed by atoms with Crippen LogP contribution in [0.4, 0.5) is 5.82 Å². The highest BCUT2D eigenvalue weighted by Gasteiger charge is 2.18. The third-order valence-electron chi connectivity index (χ3n) is 2.93. The van der Waals surface area contributed by atoms with Crippen LogP contribution in [0.15, 0.2) is 12.4 Å². The van der Waals surface area contributed by atoms with Gasteiger partial charge in [-0.25, -0.2) is 4.98 Å². The van der Waals surface area contributed by atoms with E-state index in [2.05, 4.69) is 41.0 Å². The first kappa shape index (κ1) is 13.2. The van der Waals surface area contributed by atoms with E-state index in [0.29, 0.717) is 6.04 Å². The summed E-state index contributed by atoms with van der Waals surface area (Å²) in [6.45, 7) is 9.64. The molecule has 0 saturated carbocycles. The smallest absolute Gasteiger partial charge is 0.147 e. The number of nitrogens with zero attached hydrogens (tertiary/aromatic N) is 3. The van der Waals surface area contributed by atoms with E-state index in [1.54, 1.807) is 0 Å². The van der Waals surface area contributed by atoms with Gasteiger partial charge in [0, 0.05) is 31.9 Å². The molecule has 1 aliphatic heterocycles. The summed E-state index contributed by atoms with van der Waals surface area (Å²) in [5, 5.41) is 3.35. The Morgan fingerprint density at radius 3 is 3.06 bits per heavy atom. The monoisotopic (exact) mass is 250 g/mol. The lowest BCUT2D eigenvalue weighted by Crippen LogP contribution is -2.41. The second kappa shape index (κ2) is 6.11. The average molecular weight is 250 g/mol. The largest absolute Gasteiger partial charge is 0.375 e. The molecule has 18 heavy (non-hydrogen) atoms. The van der Waals surface area contributed by atoms with E-state index in [4.69, 9.17) is 4.74 Å². The molecule has 0 aromatic carbocycles. The van der Waals surface area contributed by atoms with Crippen molar-refractivity contribution in [2.24, 2.45) is 0 Å². The maximum atomic E-state index is 5.54. The first-order valence-electron chi connectivity index (χ1n) is 6.56. The fourth-order valence-electron chi connectivity index (χ4n) is 1.97. The van der Waals surface area contributed by atoms with Crippen LogP contribution < -0.4 is 10.2 Å². The zero-order chi connectivity index (χ0) is 13.0. The quantitative estimate of drug-likeness (QED) is 0.870. The summed E-state index contributed by atoms with van der Waals surface area (Å²) in [5.74, 6) is 0.952. The van der Waals surface area contributed by atoms with Crippen molar-refractivity contribution < 1.29 is 4.74 Å². The van der Waals surface area contributed by atoms with Gasteiger partial charge >= 0.3 is 0 Å². The van der Waals surface area contributed by atoms with Gasteiger partial charge in [0.1, 0.15) is 5.82 Å². The van der Waals surface area contributed by atoms with Crippen molar-refractivity contribution in [2.45, 2.75) is 39.5 Å². The Morgan fingerprint density at radius 1 is 1.50 bits per heavy atom. The summed E-state index contributed by atoms with van der Waals surface area (Å²) >= 11 is 0. The molecular weight excluding hydrogens is 228 g/mol. The molecule has 1 fully saturated rings. The van der Waals surface area contributed by atoms with E-state index < -0.39 is 0 Å². The number of aromatic nitrogens is 2. The van der Waals surface area contributed by atoms with Crippen LogP contribution in [0, 0.1) is 0 Å². The van der Waals surface area contributed by atoms with Gasteiger partial charge in [-0.05, 0) is 6.92 Å². The topological polar surface area (TPSA) is 50.3 Å². The predicted octanol–water partition coefficient (Wildman–Crippen LogP) is 1.20.